The smallest absolute Gasteiger partial charge is 0.270 e. The number of rotatable bonds is 5. The van der Waals surface area contributed by atoms with Crippen LogP contribution >= 0.6 is 0 Å². The number of nitrogens with zero attached hydrogens (tertiary/aromatic N) is 4. The van der Waals surface area contributed by atoms with Crippen molar-refractivity contribution in [3.8, 4) is 0 Å². The second-order valence-electron chi connectivity index (χ2n) is 6.56. The first-order valence-corrected chi connectivity index (χ1v) is 8.85. The van der Waals surface area contributed by atoms with Gasteiger partial charge in [0.25, 0.3) is 5.91 Å². The zero-order chi connectivity index (χ0) is 17.1. The molecule has 1 fully saturated rings. The summed E-state index contributed by atoms with van der Waals surface area (Å²) in [6, 6.07) is 9.96. The lowest BCUT2D eigenvalue weighted by Gasteiger charge is -2.34. The Morgan fingerprint density at radius 3 is 2.72 bits per heavy atom. The molecule has 1 amide bonds. The van der Waals surface area contributed by atoms with E-state index in [1.807, 2.05) is 54.0 Å². The van der Waals surface area contributed by atoms with E-state index in [1.165, 1.54) is 0 Å². The summed E-state index contributed by atoms with van der Waals surface area (Å²) in [6.45, 7) is 5.52. The van der Waals surface area contributed by atoms with Crippen molar-refractivity contribution in [3.63, 3.8) is 0 Å². The molecule has 0 saturated carbocycles. The van der Waals surface area contributed by atoms with Gasteiger partial charge in [0.2, 0.25) is 0 Å². The summed E-state index contributed by atoms with van der Waals surface area (Å²) in [7, 11) is 0. The number of hydrogen-bond acceptors (Lipinski definition) is 3. The summed E-state index contributed by atoms with van der Waals surface area (Å²) < 4.78 is 2.11. The Kier molecular flexibility index (Phi) is 4.52. The van der Waals surface area contributed by atoms with E-state index in [0.717, 1.165) is 56.6 Å². The molecule has 3 heterocycles. The standard InChI is InChI=1S/C19H23N5O/c25-19(18-14-16-4-1-2-5-17(16)21-18)24-12-10-22(11-13-24)7-3-8-23-9-6-20-15-23/h1-2,4-6,9,14-15,21H,3,7-8,10-13H2. The number of benzene rings is 1. The average Bonchev–Trinajstić information content (AvgIpc) is 3.31. The van der Waals surface area contributed by atoms with Crippen molar-refractivity contribution in [2.24, 2.45) is 0 Å². The van der Waals surface area contributed by atoms with Crippen molar-refractivity contribution < 1.29 is 4.79 Å². The van der Waals surface area contributed by atoms with Gasteiger partial charge in [-0.05, 0) is 25.1 Å². The lowest BCUT2D eigenvalue weighted by molar-refractivity contribution is 0.0630. The fourth-order valence-electron chi connectivity index (χ4n) is 3.43. The van der Waals surface area contributed by atoms with Gasteiger partial charge in [0, 0.05) is 56.0 Å². The number of carbonyl (C=O) groups excluding carboxylic acids is 1. The van der Waals surface area contributed by atoms with E-state index >= 15 is 0 Å². The predicted molar refractivity (Wildman–Crippen MR) is 97.5 cm³/mol. The van der Waals surface area contributed by atoms with Crippen LogP contribution in [0, 0.1) is 0 Å². The van der Waals surface area contributed by atoms with Crippen LogP contribution in [0.3, 0.4) is 0 Å². The summed E-state index contributed by atoms with van der Waals surface area (Å²) in [6.07, 6.45) is 6.77. The molecule has 0 aliphatic carbocycles. The Labute approximate surface area is 147 Å². The molecule has 1 N–H and O–H groups in total. The number of carbonyl (C=O) groups is 1. The average molecular weight is 337 g/mol. The highest BCUT2D eigenvalue weighted by molar-refractivity contribution is 5.98. The molecule has 6 nitrogen and oxygen atoms in total. The van der Waals surface area contributed by atoms with Gasteiger partial charge in [0.1, 0.15) is 5.69 Å². The Bertz CT molecular complexity index is 798. The normalized spacial score (nSPS) is 15.8. The second kappa shape index (κ2) is 7.11. The molecule has 130 valence electrons. The Morgan fingerprint density at radius 1 is 1.12 bits per heavy atom. The minimum absolute atomic E-state index is 0.106. The molecule has 6 heteroatoms. The van der Waals surface area contributed by atoms with Crippen molar-refractivity contribution in [2.75, 3.05) is 32.7 Å². The van der Waals surface area contributed by atoms with Crippen LogP contribution in [0.4, 0.5) is 0 Å². The molecule has 0 radical (unpaired) electrons. The molecule has 0 unspecified atom stereocenters. The van der Waals surface area contributed by atoms with Crippen LogP contribution in [0.15, 0.2) is 49.1 Å². The Morgan fingerprint density at radius 2 is 1.96 bits per heavy atom. The zero-order valence-electron chi connectivity index (χ0n) is 14.3. The van der Waals surface area contributed by atoms with E-state index in [4.69, 9.17) is 0 Å². The van der Waals surface area contributed by atoms with Crippen LogP contribution < -0.4 is 0 Å². The van der Waals surface area contributed by atoms with Gasteiger partial charge in [-0.25, -0.2) is 4.98 Å². The van der Waals surface area contributed by atoms with Crippen LogP contribution in [-0.2, 0) is 6.54 Å². The number of nitrogens with one attached hydrogen (secondary N) is 1. The van der Waals surface area contributed by atoms with Crippen LogP contribution in [0.5, 0.6) is 0 Å². The maximum atomic E-state index is 12.7. The van der Waals surface area contributed by atoms with Crippen molar-refractivity contribution in [3.05, 3.63) is 54.7 Å². The molecule has 0 atom stereocenters. The lowest BCUT2D eigenvalue weighted by Crippen LogP contribution is -2.49. The molecule has 1 aliphatic rings. The van der Waals surface area contributed by atoms with Gasteiger partial charge >= 0.3 is 0 Å². The Balaban J connectivity index is 1.28. The number of para-hydroxylation sites is 1. The minimum atomic E-state index is 0.106. The maximum absolute atomic E-state index is 12.7. The number of H-pyrrole nitrogens is 1. The molecule has 1 aromatic carbocycles. The number of fused-ring (bicyclic) bond motifs is 1. The largest absolute Gasteiger partial charge is 0.351 e. The van der Waals surface area contributed by atoms with Crippen LogP contribution in [0.2, 0.25) is 0 Å². The third kappa shape index (κ3) is 3.58. The molecular formula is C19H23N5O. The van der Waals surface area contributed by atoms with Gasteiger partial charge < -0.3 is 14.5 Å². The van der Waals surface area contributed by atoms with E-state index < -0.39 is 0 Å². The minimum Gasteiger partial charge on any atom is -0.351 e. The third-order valence-electron chi connectivity index (χ3n) is 4.87. The second-order valence-corrected chi connectivity index (χ2v) is 6.56. The molecule has 2 aromatic heterocycles. The quantitative estimate of drug-likeness (QED) is 0.777. The fraction of sp³-hybridized carbons (Fsp3) is 0.368. The van der Waals surface area contributed by atoms with E-state index in [9.17, 15) is 4.79 Å². The summed E-state index contributed by atoms with van der Waals surface area (Å²) in [5, 5.41) is 1.09. The van der Waals surface area contributed by atoms with E-state index in [0.29, 0.717) is 5.69 Å². The molecule has 3 aromatic rings. The number of amides is 1. The number of aromatic amines is 1. The zero-order valence-corrected chi connectivity index (χ0v) is 14.3. The van der Waals surface area contributed by atoms with Gasteiger partial charge in [-0.2, -0.15) is 0 Å². The highest BCUT2D eigenvalue weighted by Gasteiger charge is 2.22. The number of piperazine rings is 1. The number of aryl methyl sites for hydroxylation is 1. The SMILES string of the molecule is O=C(c1cc2ccccc2[nH]1)N1CCN(CCCn2ccnc2)CC1. The first-order valence-electron chi connectivity index (χ1n) is 8.85. The van der Waals surface area contributed by atoms with Gasteiger partial charge in [-0.15, -0.1) is 0 Å². The molecule has 0 bridgehead atoms. The van der Waals surface area contributed by atoms with Crippen molar-refractivity contribution in [2.45, 2.75) is 13.0 Å². The van der Waals surface area contributed by atoms with Crippen molar-refractivity contribution in [1.29, 1.82) is 0 Å². The van der Waals surface area contributed by atoms with Gasteiger partial charge in [-0.1, -0.05) is 18.2 Å². The monoisotopic (exact) mass is 337 g/mol. The highest BCUT2D eigenvalue weighted by Crippen LogP contribution is 2.17. The van der Waals surface area contributed by atoms with E-state index in [-0.39, 0.29) is 5.91 Å². The van der Waals surface area contributed by atoms with E-state index in [1.54, 1.807) is 0 Å². The molecule has 25 heavy (non-hydrogen) atoms. The summed E-state index contributed by atoms with van der Waals surface area (Å²) in [4.78, 5) is 24.4. The van der Waals surface area contributed by atoms with Crippen LogP contribution in [0.1, 0.15) is 16.9 Å². The maximum Gasteiger partial charge on any atom is 0.270 e. The third-order valence-corrected chi connectivity index (χ3v) is 4.87. The number of hydrogen-bond donors (Lipinski definition) is 1. The molecule has 1 aliphatic heterocycles. The van der Waals surface area contributed by atoms with Crippen LogP contribution in [0.25, 0.3) is 10.9 Å². The summed E-state index contributed by atoms with van der Waals surface area (Å²) in [5.41, 5.74) is 1.71. The van der Waals surface area contributed by atoms with Gasteiger partial charge in [-0.3, -0.25) is 9.69 Å². The predicted octanol–water partition coefficient (Wildman–Crippen LogP) is 2.21. The highest BCUT2D eigenvalue weighted by atomic mass is 16.2. The van der Waals surface area contributed by atoms with Crippen molar-refractivity contribution in [1.82, 2.24) is 24.3 Å². The van der Waals surface area contributed by atoms with Crippen molar-refractivity contribution >= 4 is 16.8 Å². The number of imidazole rings is 1. The molecule has 4 rings (SSSR count). The fourth-order valence-corrected chi connectivity index (χ4v) is 3.43. The first kappa shape index (κ1) is 15.9. The lowest BCUT2D eigenvalue weighted by atomic mass is 10.2. The summed E-state index contributed by atoms with van der Waals surface area (Å²) in [5.74, 6) is 0.106. The topological polar surface area (TPSA) is 57.2 Å². The molecule has 1 saturated heterocycles. The van der Waals surface area contributed by atoms with Gasteiger partial charge in [0.15, 0.2) is 0 Å². The van der Waals surface area contributed by atoms with Crippen LogP contribution in [-0.4, -0.2) is 63.0 Å². The number of aromatic nitrogens is 3. The molecule has 0 spiro atoms. The first-order chi connectivity index (χ1) is 12.3. The molecular weight excluding hydrogens is 314 g/mol. The summed E-state index contributed by atoms with van der Waals surface area (Å²) >= 11 is 0. The Hall–Kier alpha value is -2.60. The van der Waals surface area contributed by atoms with E-state index in [2.05, 4.69) is 19.4 Å². The van der Waals surface area contributed by atoms with Gasteiger partial charge in [0.05, 0.1) is 6.33 Å².